The van der Waals surface area contributed by atoms with Crippen molar-refractivity contribution in [1.29, 1.82) is 0 Å². The van der Waals surface area contributed by atoms with Crippen LogP contribution in [0, 0.1) is 0 Å². The molecular weight excluding hydrogens is 308 g/mol. The molecule has 5 nitrogen and oxygen atoms in total. The molecule has 1 aromatic carbocycles. The second kappa shape index (κ2) is 9.52. The number of unbranched alkanes of at least 4 members (excludes halogenated alkanes) is 4. The Kier molecular flexibility index (Phi) is 7.37. The first-order valence-corrected chi connectivity index (χ1v) is 8.64. The highest BCUT2D eigenvalue weighted by molar-refractivity contribution is 5.94. The Labute approximate surface area is 144 Å². The zero-order valence-corrected chi connectivity index (χ0v) is 14.9. The van der Waals surface area contributed by atoms with Crippen LogP contribution in [0.5, 0.6) is 11.5 Å². The minimum absolute atomic E-state index is 0.367. The summed E-state index contributed by atoms with van der Waals surface area (Å²) in [7, 11) is 4.55. The molecular formula is C19H28O5. The molecule has 1 saturated heterocycles. The predicted molar refractivity (Wildman–Crippen MR) is 92.0 cm³/mol. The highest BCUT2D eigenvalue weighted by Gasteiger charge is 2.21. The molecule has 5 heteroatoms. The standard InChI is InChI=1S/C19H28O5/c1-21-16-11-14(18(19(20)23-3)17(12-16)22-2)9-7-5-4-6-8-10-15-13-24-15/h11-12,15H,4-10,13H2,1-3H3. The molecule has 0 bridgehead atoms. The van der Waals surface area contributed by atoms with Gasteiger partial charge in [0.15, 0.2) is 0 Å². The summed E-state index contributed by atoms with van der Waals surface area (Å²) in [6.45, 7) is 0.952. The number of epoxide rings is 1. The van der Waals surface area contributed by atoms with Crippen LogP contribution in [-0.4, -0.2) is 40.0 Å². The lowest BCUT2D eigenvalue weighted by molar-refractivity contribution is 0.0595. The van der Waals surface area contributed by atoms with E-state index in [4.69, 9.17) is 18.9 Å². The van der Waals surface area contributed by atoms with Crippen LogP contribution < -0.4 is 9.47 Å². The summed E-state index contributed by atoms with van der Waals surface area (Å²) in [6, 6.07) is 3.62. The number of aryl methyl sites for hydroxylation is 1. The van der Waals surface area contributed by atoms with Crippen LogP contribution in [0.15, 0.2) is 12.1 Å². The lowest BCUT2D eigenvalue weighted by Gasteiger charge is -2.14. The summed E-state index contributed by atoms with van der Waals surface area (Å²) in [6.07, 6.45) is 8.41. The molecule has 0 aromatic heterocycles. The molecule has 1 aliphatic rings. The number of carbonyl (C=O) groups excluding carboxylic acids is 1. The topological polar surface area (TPSA) is 57.3 Å². The highest BCUT2D eigenvalue weighted by atomic mass is 16.6. The number of carbonyl (C=O) groups is 1. The number of ether oxygens (including phenoxy) is 4. The molecule has 1 aliphatic heterocycles. The van der Waals surface area contributed by atoms with Gasteiger partial charge in [-0.1, -0.05) is 25.7 Å². The van der Waals surface area contributed by atoms with Crippen LogP contribution in [-0.2, 0) is 15.9 Å². The Hall–Kier alpha value is -1.75. The van der Waals surface area contributed by atoms with E-state index in [9.17, 15) is 4.79 Å². The van der Waals surface area contributed by atoms with Gasteiger partial charge in [-0.3, -0.25) is 0 Å². The zero-order chi connectivity index (χ0) is 17.4. The zero-order valence-electron chi connectivity index (χ0n) is 14.9. The van der Waals surface area contributed by atoms with Crippen molar-refractivity contribution >= 4 is 5.97 Å². The van der Waals surface area contributed by atoms with E-state index in [1.807, 2.05) is 6.07 Å². The van der Waals surface area contributed by atoms with E-state index in [-0.39, 0.29) is 5.97 Å². The Balaban J connectivity index is 1.89. The van der Waals surface area contributed by atoms with Crippen LogP contribution in [0.3, 0.4) is 0 Å². The molecule has 0 saturated carbocycles. The Bertz CT molecular complexity index is 537. The first kappa shape index (κ1) is 18.6. The van der Waals surface area contributed by atoms with Gasteiger partial charge >= 0.3 is 5.97 Å². The molecule has 134 valence electrons. The van der Waals surface area contributed by atoms with Crippen molar-refractivity contribution in [2.75, 3.05) is 27.9 Å². The predicted octanol–water partition coefficient (Wildman–Crippen LogP) is 3.77. The summed E-state index contributed by atoms with van der Waals surface area (Å²) in [5, 5.41) is 0. The van der Waals surface area contributed by atoms with Gasteiger partial charge in [0.1, 0.15) is 17.1 Å². The van der Waals surface area contributed by atoms with Crippen molar-refractivity contribution in [1.82, 2.24) is 0 Å². The number of benzene rings is 1. The summed E-state index contributed by atoms with van der Waals surface area (Å²) in [4.78, 5) is 12.1. The fourth-order valence-corrected chi connectivity index (χ4v) is 2.91. The maximum Gasteiger partial charge on any atom is 0.341 e. The molecule has 24 heavy (non-hydrogen) atoms. The van der Waals surface area contributed by atoms with Crippen molar-refractivity contribution in [3.8, 4) is 11.5 Å². The molecule has 2 rings (SSSR count). The molecule has 1 unspecified atom stereocenters. The number of hydrogen-bond acceptors (Lipinski definition) is 5. The SMILES string of the molecule is COC(=O)c1c(CCCCCCCC2CO2)cc(OC)cc1OC. The molecule has 1 atom stereocenters. The third-order valence-corrected chi connectivity index (χ3v) is 4.38. The number of methoxy groups -OCH3 is 3. The lowest BCUT2D eigenvalue weighted by atomic mass is 9.99. The molecule has 1 aromatic rings. The Morgan fingerprint density at radius 3 is 2.42 bits per heavy atom. The van der Waals surface area contributed by atoms with Gasteiger partial charge in [-0.25, -0.2) is 4.79 Å². The Morgan fingerprint density at radius 2 is 1.79 bits per heavy atom. The van der Waals surface area contributed by atoms with E-state index in [1.165, 1.54) is 32.8 Å². The average molecular weight is 336 g/mol. The van der Waals surface area contributed by atoms with Gasteiger partial charge in [0.25, 0.3) is 0 Å². The smallest absolute Gasteiger partial charge is 0.341 e. The van der Waals surface area contributed by atoms with Gasteiger partial charge < -0.3 is 18.9 Å². The van der Waals surface area contributed by atoms with E-state index >= 15 is 0 Å². The minimum atomic E-state index is -0.367. The summed E-state index contributed by atoms with van der Waals surface area (Å²) in [5.41, 5.74) is 1.43. The highest BCUT2D eigenvalue weighted by Crippen LogP contribution is 2.30. The van der Waals surface area contributed by atoms with Crippen molar-refractivity contribution in [3.05, 3.63) is 23.3 Å². The van der Waals surface area contributed by atoms with E-state index < -0.39 is 0 Å². The van der Waals surface area contributed by atoms with Crippen LogP contribution in [0.2, 0.25) is 0 Å². The molecule has 0 aliphatic carbocycles. The molecule has 0 N–H and O–H groups in total. The van der Waals surface area contributed by atoms with Crippen LogP contribution >= 0.6 is 0 Å². The Morgan fingerprint density at radius 1 is 1.08 bits per heavy atom. The van der Waals surface area contributed by atoms with E-state index in [0.717, 1.165) is 31.4 Å². The van der Waals surface area contributed by atoms with Gasteiger partial charge in [-0.15, -0.1) is 0 Å². The first-order chi connectivity index (χ1) is 11.7. The summed E-state index contributed by atoms with van der Waals surface area (Å²) < 4.78 is 20.8. The van der Waals surface area contributed by atoms with Crippen LogP contribution in [0.1, 0.15) is 54.4 Å². The van der Waals surface area contributed by atoms with Crippen LogP contribution in [0.4, 0.5) is 0 Å². The van der Waals surface area contributed by atoms with Gasteiger partial charge in [0.2, 0.25) is 0 Å². The van der Waals surface area contributed by atoms with Gasteiger partial charge in [-0.05, 0) is 30.9 Å². The second-order valence-electron chi connectivity index (χ2n) is 6.12. The second-order valence-corrected chi connectivity index (χ2v) is 6.12. The van der Waals surface area contributed by atoms with Gasteiger partial charge in [-0.2, -0.15) is 0 Å². The fourth-order valence-electron chi connectivity index (χ4n) is 2.91. The van der Waals surface area contributed by atoms with E-state index in [2.05, 4.69) is 0 Å². The largest absolute Gasteiger partial charge is 0.497 e. The van der Waals surface area contributed by atoms with Crippen molar-refractivity contribution in [2.45, 2.75) is 51.0 Å². The number of hydrogen-bond donors (Lipinski definition) is 0. The number of rotatable bonds is 11. The number of esters is 1. The van der Waals surface area contributed by atoms with E-state index in [1.54, 1.807) is 20.3 Å². The molecule has 1 fully saturated rings. The molecule has 0 spiro atoms. The normalized spacial score (nSPS) is 15.9. The van der Waals surface area contributed by atoms with E-state index in [0.29, 0.717) is 23.2 Å². The van der Waals surface area contributed by atoms with Gasteiger partial charge in [0, 0.05) is 6.07 Å². The first-order valence-electron chi connectivity index (χ1n) is 8.64. The quantitative estimate of drug-likeness (QED) is 0.350. The average Bonchev–Trinajstić information content (AvgIpc) is 3.43. The maximum absolute atomic E-state index is 12.1. The minimum Gasteiger partial charge on any atom is -0.497 e. The summed E-state index contributed by atoms with van der Waals surface area (Å²) in [5.74, 6) is 0.827. The van der Waals surface area contributed by atoms with Gasteiger partial charge in [0.05, 0.1) is 34.0 Å². The molecule has 0 amide bonds. The monoisotopic (exact) mass is 336 g/mol. The molecule has 0 radical (unpaired) electrons. The lowest BCUT2D eigenvalue weighted by Crippen LogP contribution is -2.09. The third-order valence-electron chi connectivity index (χ3n) is 4.38. The fraction of sp³-hybridized carbons (Fsp3) is 0.632. The van der Waals surface area contributed by atoms with Crippen molar-refractivity contribution in [2.24, 2.45) is 0 Å². The van der Waals surface area contributed by atoms with Crippen molar-refractivity contribution < 1.29 is 23.7 Å². The third kappa shape index (κ3) is 5.41. The maximum atomic E-state index is 12.1. The van der Waals surface area contributed by atoms with Crippen molar-refractivity contribution in [3.63, 3.8) is 0 Å². The summed E-state index contributed by atoms with van der Waals surface area (Å²) >= 11 is 0. The molecule has 1 heterocycles. The van der Waals surface area contributed by atoms with Crippen LogP contribution in [0.25, 0.3) is 0 Å².